The third-order valence-electron chi connectivity index (χ3n) is 2.45. The Morgan fingerprint density at radius 3 is 2.59 bits per heavy atom. The van der Waals surface area contributed by atoms with Crippen molar-refractivity contribution < 1.29 is 23.9 Å². The highest BCUT2D eigenvalue weighted by Crippen LogP contribution is 2.31. The summed E-state index contributed by atoms with van der Waals surface area (Å²) in [6.07, 6.45) is -1.18. The number of aryl methyl sites for hydroxylation is 1. The second-order valence-corrected chi connectivity index (χ2v) is 5.63. The van der Waals surface area contributed by atoms with Crippen LogP contribution in [0.15, 0.2) is 16.6 Å². The molecular formula is C13H14BrClN2O5. The van der Waals surface area contributed by atoms with Crippen LogP contribution in [0.5, 0.6) is 5.75 Å². The molecule has 22 heavy (non-hydrogen) atoms. The summed E-state index contributed by atoms with van der Waals surface area (Å²) in [5, 5.41) is 2.13. The van der Waals surface area contributed by atoms with Gasteiger partial charge in [-0.2, -0.15) is 0 Å². The van der Waals surface area contributed by atoms with Gasteiger partial charge in [-0.25, -0.2) is 9.59 Å². The van der Waals surface area contributed by atoms with E-state index in [0.717, 1.165) is 10.0 Å². The van der Waals surface area contributed by atoms with Crippen LogP contribution < -0.4 is 15.8 Å². The van der Waals surface area contributed by atoms with E-state index in [4.69, 9.17) is 26.8 Å². The predicted molar refractivity (Wildman–Crippen MR) is 82.7 cm³/mol. The van der Waals surface area contributed by atoms with Crippen molar-refractivity contribution >= 4 is 45.4 Å². The number of halogens is 2. The van der Waals surface area contributed by atoms with Gasteiger partial charge in [0.1, 0.15) is 5.75 Å². The van der Waals surface area contributed by atoms with E-state index in [2.05, 4.69) is 15.9 Å². The first kappa shape index (κ1) is 18.2. The zero-order valence-electron chi connectivity index (χ0n) is 11.8. The predicted octanol–water partition coefficient (Wildman–Crippen LogP) is 1.92. The van der Waals surface area contributed by atoms with Crippen molar-refractivity contribution in [2.45, 2.75) is 20.0 Å². The van der Waals surface area contributed by atoms with Gasteiger partial charge in [-0.05, 0) is 31.5 Å². The number of urea groups is 1. The molecule has 0 unspecified atom stereocenters. The first-order valence-corrected chi connectivity index (χ1v) is 7.26. The number of nitrogens with one attached hydrogen (secondary N) is 1. The van der Waals surface area contributed by atoms with Crippen molar-refractivity contribution in [2.24, 2.45) is 5.73 Å². The molecule has 3 N–H and O–H groups in total. The normalized spacial score (nSPS) is 11.5. The SMILES string of the molecule is Cc1cc(Br)cc(Cl)c1OCC(=O)O[C@H](C)C(=O)NC(N)=O. The van der Waals surface area contributed by atoms with Gasteiger partial charge in [0.15, 0.2) is 12.7 Å². The standard InChI is InChI=1S/C13H14BrClN2O5/c1-6-3-8(14)4-9(15)11(6)21-5-10(18)22-7(2)12(19)17-13(16)20/h3-4,7H,5H2,1-2H3,(H3,16,17,19,20)/t7-/m1/s1. The summed E-state index contributed by atoms with van der Waals surface area (Å²) < 4.78 is 10.9. The molecule has 0 radical (unpaired) electrons. The van der Waals surface area contributed by atoms with Gasteiger partial charge >= 0.3 is 12.0 Å². The minimum Gasteiger partial charge on any atom is -0.480 e. The van der Waals surface area contributed by atoms with E-state index >= 15 is 0 Å². The largest absolute Gasteiger partial charge is 0.480 e. The number of carbonyl (C=O) groups excluding carboxylic acids is 3. The highest BCUT2D eigenvalue weighted by molar-refractivity contribution is 9.10. The lowest BCUT2D eigenvalue weighted by molar-refractivity contribution is -0.156. The van der Waals surface area contributed by atoms with Crippen LogP contribution in [-0.4, -0.2) is 30.6 Å². The number of hydrogen-bond acceptors (Lipinski definition) is 5. The zero-order chi connectivity index (χ0) is 16.9. The number of rotatable bonds is 5. The summed E-state index contributed by atoms with van der Waals surface area (Å²) in [6, 6.07) is 2.37. The van der Waals surface area contributed by atoms with Crippen LogP contribution in [0.2, 0.25) is 5.02 Å². The van der Waals surface area contributed by atoms with Crippen LogP contribution in [0.1, 0.15) is 12.5 Å². The fourth-order valence-electron chi connectivity index (χ4n) is 1.51. The molecule has 0 aliphatic carbocycles. The maximum absolute atomic E-state index is 11.6. The summed E-state index contributed by atoms with van der Waals surface area (Å²) in [5.41, 5.74) is 5.52. The smallest absolute Gasteiger partial charge is 0.344 e. The van der Waals surface area contributed by atoms with Gasteiger partial charge in [0, 0.05) is 4.47 Å². The van der Waals surface area contributed by atoms with Crippen LogP contribution in [0.4, 0.5) is 4.79 Å². The van der Waals surface area contributed by atoms with Crippen LogP contribution in [-0.2, 0) is 14.3 Å². The summed E-state index contributed by atoms with van der Waals surface area (Å²) in [5.74, 6) is -1.26. The number of nitrogens with two attached hydrogens (primary N) is 1. The number of primary amides is 1. The molecule has 0 saturated heterocycles. The molecule has 1 aromatic carbocycles. The van der Waals surface area contributed by atoms with Crippen molar-refractivity contribution in [1.29, 1.82) is 0 Å². The quantitative estimate of drug-likeness (QED) is 0.743. The highest BCUT2D eigenvalue weighted by atomic mass is 79.9. The van der Waals surface area contributed by atoms with E-state index in [1.54, 1.807) is 24.4 Å². The molecule has 0 fully saturated rings. The Morgan fingerprint density at radius 1 is 1.41 bits per heavy atom. The van der Waals surface area contributed by atoms with Gasteiger partial charge in [0.05, 0.1) is 5.02 Å². The van der Waals surface area contributed by atoms with Crippen molar-refractivity contribution in [1.82, 2.24) is 5.32 Å². The number of hydrogen-bond donors (Lipinski definition) is 2. The molecule has 7 nitrogen and oxygen atoms in total. The number of esters is 1. The first-order valence-electron chi connectivity index (χ1n) is 6.09. The lowest BCUT2D eigenvalue weighted by atomic mass is 10.2. The summed E-state index contributed by atoms with van der Waals surface area (Å²) in [7, 11) is 0. The topological polar surface area (TPSA) is 108 Å². The molecule has 1 atom stereocenters. The second-order valence-electron chi connectivity index (χ2n) is 4.31. The maximum Gasteiger partial charge on any atom is 0.344 e. The molecule has 9 heteroatoms. The Bertz CT molecular complexity index is 585. The molecule has 1 rings (SSSR count). The molecule has 120 valence electrons. The van der Waals surface area contributed by atoms with E-state index < -0.39 is 30.6 Å². The lowest BCUT2D eigenvalue weighted by Crippen LogP contribution is -2.42. The van der Waals surface area contributed by atoms with Crippen LogP contribution in [0.25, 0.3) is 0 Å². The molecule has 0 aliphatic rings. The Balaban J connectivity index is 2.57. The number of amides is 3. The van der Waals surface area contributed by atoms with E-state index in [0.29, 0.717) is 10.8 Å². The minimum atomic E-state index is -1.18. The second kappa shape index (κ2) is 8.00. The van der Waals surface area contributed by atoms with E-state index in [9.17, 15) is 14.4 Å². The fraction of sp³-hybridized carbons (Fsp3) is 0.308. The third-order valence-corrected chi connectivity index (χ3v) is 3.19. The van der Waals surface area contributed by atoms with Crippen LogP contribution >= 0.6 is 27.5 Å². The number of benzene rings is 1. The van der Waals surface area contributed by atoms with E-state index in [1.165, 1.54) is 6.92 Å². The monoisotopic (exact) mass is 392 g/mol. The van der Waals surface area contributed by atoms with Gasteiger partial charge in [0.25, 0.3) is 5.91 Å². The van der Waals surface area contributed by atoms with Gasteiger partial charge in [0.2, 0.25) is 0 Å². The molecule has 0 saturated carbocycles. The minimum absolute atomic E-state index is 0.333. The third kappa shape index (κ3) is 5.53. The molecular weight excluding hydrogens is 380 g/mol. The van der Waals surface area contributed by atoms with Crippen molar-refractivity contribution in [2.75, 3.05) is 6.61 Å². The lowest BCUT2D eigenvalue weighted by Gasteiger charge is -2.14. The molecule has 3 amide bonds. The number of carbonyl (C=O) groups is 3. The van der Waals surface area contributed by atoms with Crippen molar-refractivity contribution in [3.05, 3.63) is 27.2 Å². The van der Waals surface area contributed by atoms with Crippen molar-refractivity contribution in [3.8, 4) is 5.75 Å². The first-order chi connectivity index (χ1) is 10.2. The van der Waals surface area contributed by atoms with Crippen molar-refractivity contribution in [3.63, 3.8) is 0 Å². The fourth-order valence-corrected chi connectivity index (χ4v) is 2.54. The van der Waals surface area contributed by atoms with Gasteiger partial charge in [-0.15, -0.1) is 0 Å². The van der Waals surface area contributed by atoms with Crippen LogP contribution in [0, 0.1) is 6.92 Å². The average molecular weight is 394 g/mol. The molecule has 0 bridgehead atoms. The summed E-state index contributed by atoms with van der Waals surface area (Å²) in [6.45, 7) is 2.63. The Hall–Kier alpha value is -1.80. The summed E-state index contributed by atoms with van der Waals surface area (Å²) in [4.78, 5) is 33.5. The van der Waals surface area contributed by atoms with E-state index in [-0.39, 0.29) is 0 Å². The molecule has 0 aliphatic heterocycles. The maximum atomic E-state index is 11.6. The van der Waals surface area contributed by atoms with Gasteiger partial charge < -0.3 is 15.2 Å². The Labute approximate surface area is 140 Å². The molecule has 0 aromatic heterocycles. The molecule has 0 heterocycles. The van der Waals surface area contributed by atoms with Crippen LogP contribution in [0.3, 0.4) is 0 Å². The van der Waals surface area contributed by atoms with Gasteiger partial charge in [-0.1, -0.05) is 27.5 Å². The summed E-state index contributed by atoms with van der Waals surface area (Å²) >= 11 is 9.29. The Morgan fingerprint density at radius 2 is 2.05 bits per heavy atom. The van der Waals surface area contributed by atoms with E-state index in [1.807, 2.05) is 0 Å². The highest BCUT2D eigenvalue weighted by Gasteiger charge is 2.19. The zero-order valence-corrected chi connectivity index (χ0v) is 14.2. The molecule has 0 spiro atoms. The number of ether oxygens (including phenoxy) is 2. The molecule has 1 aromatic rings. The van der Waals surface area contributed by atoms with Gasteiger partial charge in [-0.3, -0.25) is 10.1 Å². The Kier molecular flexibility index (Phi) is 6.63. The number of imide groups is 1. The average Bonchev–Trinajstić information content (AvgIpc) is 2.36.